The number of aromatic nitrogens is 1. The van der Waals surface area contributed by atoms with E-state index in [2.05, 4.69) is 23.2 Å². The van der Waals surface area contributed by atoms with Crippen molar-refractivity contribution >= 4 is 16.6 Å². The topological polar surface area (TPSA) is 40.2 Å². The number of nitrogen functional groups attached to an aromatic ring is 1. The molecule has 17 heavy (non-hydrogen) atoms. The van der Waals surface area contributed by atoms with Gasteiger partial charge in [0.15, 0.2) is 6.20 Å². The van der Waals surface area contributed by atoms with Crippen LogP contribution >= 0.6 is 0 Å². The monoisotopic (exact) mass is 221 g/mol. The van der Waals surface area contributed by atoms with Gasteiger partial charge in [-0.15, -0.1) is 0 Å². The number of nitrogens with two attached hydrogens (primary N) is 1. The van der Waals surface area contributed by atoms with Crippen molar-refractivity contribution in [3.8, 4) is 11.1 Å². The number of hydrogen-bond donors (Lipinski definition) is 1. The highest BCUT2D eigenvalue weighted by molar-refractivity contribution is 5.80. The molecular formula is C15H13N2+. The molecule has 2 heteroatoms. The number of benzene rings is 2. The number of rotatable bonds is 1. The molecule has 82 valence electrons. The predicted molar refractivity (Wildman–Crippen MR) is 70.4 cm³/mol. The fourth-order valence-electron chi connectivity index (χ4n) is 1.96. The van der Waals surface area contributed by atoms with Crippen molar-refractivity contribution in [1.29, 1.82) is 0 Å². The molecule has 1 heterocycles. The molecule has 0 saturated carbocycles. The van der Waals surface area contributed by atoms with Crippen LogP contribution in [-0.4, -0.2) is 0 Å². The molecule has 2 aromatic carbocycles. The molecule has 0 aliphatic carbocycles. The van der Waals surface area contributed by atoms with Gasteiger partial charge in [0.05, 0.1) is 0 Å². The second-order valence-corrected chi connectivity index (χ2v) is 4.10. The zero-order valence-corrected chi connectivity index (χ0v) is 9.35. The van der Waals surface area contributed by atoms with Gasteiger partial charge in [-0.05, 0) is 29.8 Å². The number of para-hydroxylation sites is 1. The van der Waals surface area contributed by atoms with E-state index in [-0.39, 0.29) is 0 Å². The second-order valence-electron chi connectivity index (χ2n) is 4.10. The molecule has 0 radical (unpaired) electrons. The summed E-state index contributed by atoms with van der Waals surface area (Å²) in [7, 11) is 0. The zero-order chi connectivity index (χ0) is 11.7. The Morgan fingerprint density at radius 2 is 1.59 bits per heavy atom. The fraction of sp³-hybridized carbons (Fsp3) is 0. The Kier molecular flexibility index (Phi) is 2.26. The first-order valence-electron chi connectivity index (χ1n) is 5.59. The molecule has 0 spiro atoms. The van der Waals surface area contributed by atoms with E-state index in [9.17, 15) is 0 Å². The fourth-order valence-corrected chi connectivity index (χ4v) is 1.96. The number of H-pyrrole nitrogens is 1. The number of aromatic amines is 1. The van der Waals surface area contributed by atoms with Crippen molar-refractivity contribution in [1.82, 2.24) is 0 Å². The van der Waals surface area contributed by atoms with Gasteiger partial charge in [0, 0.05) is 22.7 Å². The molecule has 3 aromatic rings. The van der Waals surface area contributed by atoms with E-state index in [1.54, 1.807) is 0 Å². The number of hydrogen-bond acceptors (Lipinski definition) is 1. The van der Waals surface area contributed by atoms with Crippen LogP contribution in [0.2, 0.25) is 0 Å². The van der Waals surface area contributed by atoms with Crippen molar-refractivity contribution < 1.29 is 4.98 Å². The van der Waals surface area contributed by atoms with Crippen LogP contribution in [0.5, 0.6) is 0 Å². The van der Waals surface area contributed by atoms with E-state index in [4.69, 9.17) is 5.73 Å². The number of fused-ring (bicyclic) bond motifs is 1. The van der Waals surface area contributed by atoms with Crippen LogP contribution in [0.15, 0.2) is 60.8 Å². The van der Waals surface area contributed by atoms with Crippen LogP contribution in [0.3, 0.4) is 0 Å². The maximum Gasteiger partial charge on any atom is 0.210 e. The summed E-state index contributed by atoms with van der Waals surface area (Å²) < 4.78 is 0. The Labute approximate surface area is 99.7 Å². The Bertz CT molecular complexity index is 657. The van der Waals surface area contributed by atoms with Crippen LogP contribution in [0.1, 0.15) is 0 Å². The first-order valence-corrected chi connectivity index (χ1v) is 5.59. The van der Waals surface area contributed by atoms with E-state index in [0.29, 0.717) is 0 Å². The summed E-state index contributed by atoms with van der Waals surface area (Å²) in [6.07, 6.45) is 2.02. The van der Waals surface area contributed by atoms with Crippen molar-refractivity contribution in [2.45, 2.75) is 0 Å². The van der Waals surface area contributed by atoms with Crippen LogP contribution in [-0.2, 0) is 0 Å². The van der Waals surface area contributed by atoms with Gasteiger partial charge in [-0.25, -0.2) is 4.98 Å². The van der Waals surface area contributed by atoms with E-state index < -0.39 is 0 Å². The maximum absolute atomic E-state index is 5.69. The maximum atomic E-state index is 5.69. The van der Waals surface area contributed by atoms with Gasteiger partial charge < -0.3 is 5.73 Å². The molecule has 0 bridgehead atoms. The van der Waals surface area contributed by atoms with Crippen LogP contribution in [0, 0.1) is 0 Å². The Balaban J connectivity index is 2.14. The van der Waals surface area contributed by atoms with Gasteiger partial charge in [-0.3, -0.25) is 0 Å². The SMILES string of the molecule is Nc1ccc(-c2c[nH+]c3ccccc3c2)cc1. The highest BCUT2D eigenvalue weighted by Crippen LogP contribution is 2.21. The van der Waals surface area contributed by atoms with Crippen molar-refractivity contribution in [2.75, 3.05) is 5.73 Å². The third kappa shape index (κ3) is 1.85. The molecule has 0 unspecified atom stereocenters. The van der Waals surface area contributed by atoms with E-state index in [0.717, 1.165) is 11.2 Å². The average Bonchev–Trinajstić information content (AvgIpc) is 2.39. The smallest absolute Gasteiger partial charge is 0.210 e. The van der Waals surface area contributed by atoms with E-state index in [1.165, 1.54) is 16.5 Å². The highest BCUT2D eigenvalue weighted by Gasteiger charge is 2.04. The Hall–Kier alpha value is -2.35. The molecule has 2 nitrogen and oxygen atoms in total. The molecule has 3 rings (SSSR count). The minimum Gasteiger partial charge on any atom is -0.399 e. The van der Waals surface area contributed by atoms with Gasteiger partial charge in [0.1, 0.15) is 0 Å². The summed E-state index contributed by atoms with van der Waals surface area (Å²) >= 11 is 0. The van der Waals surface area contributed by atoms with E-state index in [1.807, 2.05) is 42.6 Å². The Morgan fingerprint density at radius 3 is 2.41 bits per heavy atom. The first kappa shape index (κ1) is 9.85. The first-order chi connectivity index (χ1) is 8.33. The van der Waals surface area contributed by atoms with Crippen LogP contribution in [0.25, 0.3) is 22.0 Å². The summed E-state index contributed by atoms with van der Waals surface area (Å²) in [5.41, 5.74) is 9.96. The minimum atomic E-state index is 0.790. The largest absolute Gasteiger partial charge is 0.399 e. The third-order valence-corrected chi connectivity index (χ3v) is 2.90. The molecular weight excluding hydrogens is 208 g/mol. The standard InChI is InChI=1S/C15H12N2/c16-14-7-5-11(6-8-14)13-9-12-3-1-2-4-15(12)17-10-13/h1-10H,16H2/p+1. The molecule has 0 saturated heterocycles. The van der Waals surface area contributed by atoms with Gasteiger partial charge in [-0.1, -0.05) is 24.3 Å². The lowest BCUT2D eigenvalue weighted by Crippen LogP contribution is -2.02. The minimum absolute atomic E-state index is 0.790. The molecule has 0 aliphatic rings. The summed E-state index contributed by atoms with van der Waals surface area (Å²) in [5, 5.41) is 1.21. The van der Waals surface area contributed by atoms with Crippen LogP contribution in [0.4, 0.5) is 5.69 Å². The highest BCUT2D eigenvalue weighted by atomic mass is 14.6. The number of anilines is 1. The summed E-state index contributed by atoms with van der Waals surface area (Å²) in [6, 6.07) is 18.3. The second kappa shape index (κ2) is 3.91. The van der Waals surface area contributed by atoms with Crippen LogP contribution < -0.4 is 10.7 Å². The third-order valence-electron chi connectivity index (χ3n) is 2.90. The van der Waals surface area contributed by atoms with Crippen molar-refractivity contribution in [3.05, 3.63) is 60.8 Å². The molecule has 1 aromatic heterocycles. The number of pyridine rings is 1. The average molecular weight is 221 g/mol. The van der Waals surface area contributed by atoms with Gasteiger partial charge in [0.2, 0.25) is 5.52 Å². The molecule has 0 fully saturated rings. The number of nitrogens with one attached hydrogen (secondary N) is 1. The quantitative estimate of drug-likeness (QED) is 0.630. The van der Waals surface area contributed by atoms with Gasteiger partial charge in [-0.2, -0.15) is 0 Å². The Morgan fingerprint density at radius 1 is 0.824 bits per heavy atom. The normalized spacial score (nSPS) is 10.6. The lowest BCUT2D eigenvalue weighted by Gasteiger charge is -2.00. The summed E-state index contributed by atoms with van der Waals surface area (Å²) in [6.45, 7) is 0. The molecule has 3 N–H and O–H groups in total. The zero-order valence-electron chi connectivity index (χ0n) is 9.35. The van der Waals surface area contributed by atoms with Gasteiger partial charge in [0.25, 0.3) is 0 Å². The molecule has 0 amide bonds. The predicted octanol–water partition coefficient (Wildman–Crippen LogP) is 2.90. The summed E-state index contributed by atoms with van der Waals surface area (Å²) in [5.74, 6) is 0. The van der Waals surface area contributed by atoms with Crippen molar-refractivity contribution in [2.24, 2.45) is 0 Å². The molecule has 0 aliphatic heterocycles. The van der Waals surface area contributed by atoms with E-state index >= 15 is 0 Å². The lowest BCUT2D eigenvalue weighted by atomic mass is 10.1. The van der Waals surface area contributed by atoms with Crippen molar-refractivity contribution in [3.63, 3.8) is 0 Å². The lowest BCUT2D eigenvalue weighted by molar-refractivity contribution is -0.343. The summed E-state index contributed by atoms with van der Waals surface area (Å²) in [4.78, 5) is 3.30. The van der Waals surface area contributed by atoms with Gasteiger partial charge >= 0.3 is 0 Å². The molecule has 0 atom stereocenters.